The molecule has 0 unspecified atom stereocenters. The summed E-state index contributed by atoms with van der Waals surface area (Å²) in [6.07, 6.45) is 2.13. The SMILES string of the molecule is CCc1nnc(S/C(=C\c2ccc(I)cc2)C(=O)[O-])o1. The average molecular weight is 401 g/mol. The molecule has 20 heavy (non-hydrogen) atoms. The van der Waals surface area contributed by atoms with Gasteiger partial charge in [0.15, 0.2) is 0 Å². The van der Waals surface area contributed by atoms with Gasteiger partial charge in [-0.15, -0.1) is 10.2 Å². The second-order valence-corrected chi connectivity index (χ2v) is 6.00. The van der Waals surface area contributed by atoms with Crippen LogP contribution in [0.5, 0.6) is 0 Å². The van der Waals surface area contributed by atoms with Gasteiger partial charge >= 0.3 is 0 Å². The van der Waals surface area contributed by atoms with Gasteiger partial charge in [0.05, 0.1) is 5.97 Å². The first-order valence-electron chi connectivity index (χ1n) is 5.77. The van der Waals surface area contributed by atoms with Crippen LogP contribution in [0.4, 0.5) is 0 Å². The van der Waals surface area contributed by atoms with E-state index >= 15 is 0 Å². The van der Waals surface area contributed by atoms with Gasteiger partial charge in [0.1, 0.15) is 0 Å². The molecule has 0 fully saturated rings. The van der Waals surface area contributed by atoms with Crippen LogP contribution in [0.2, 0.25) is 0 Å². The molecule has 7 heteroatoms. The number of carbonyl (C=O) groups is 1. The second kappa shape index (κ2) is 6.89. The molecule has 1 heterocycles. The lowest BCUT2D eigenvalue weighted by Crippen LogP contribution is -2.23. The Bertz CT molecular complexity index is 637. The molecular weight excluding hydrogens is 391 g/mol. The van der Waals surface area contributed by atoms with Crippen LogP contribution in [-0.2, 0) is 11.2 Å². The molecule has 0 aliphatic carbocycles. The summed E-state index contributed by atoms with van der Waals surface area (Å²) in [5.41, 5.74) is 0.771. The lowest BCUT2D eigenvalue weighted by atomic mass is 10.2. The van der Waals surface area contributed by atoms with E-state index in [9.17, 15) is 9.90 Å². The van der Waals surface area contributed by atoms with Crippen LogP contribution in [0.25, 0.3) is 6.08 Å². The number of hydrogen-bond acceptors (Lipinski definition) is 6. The topological polar surface area (TPSA) is 79.0 Å². The molecule has 0 N–H and O–H groups in total. The van der Waals surface area contributed by atoms with E-state index in [0.717, 1.165) is 20.9 Å². The molecule has 1 aromatic heterocycles. The first kappa shape index (κ1) is 15.0. The van der Waals surface area contributed by atoms with Crippen molar-refractivity contribution in [2.45, 2.75) is 18.6 Å². The molecule has 0 saturated carbocycles. The zero-order valence-corrected chi connectivity index (χ0v) is 13.5. The number of aliphatic carboxylic acids is 1. The van der Waals surface area contributed by atoms with Gasteiger partial charge in [0.2, 0.25) is 5.89 Å². The molecule has 0 atom stereocenters. The molecule has 0 aliphatic rings. The van der Waals surface area contributed by atoms with Gasteiger partial charge in [-0.2, -0.15) is 0 Å². The predicted molar refractivity (Wildman–Crippen MR) is 81.7 cm³/mol. The Hall–Kier alpha value is -1.35. The molecule has 104 valence electrons. The molecule has 0 amide bonds. The fraction of sp³-hybridized carbons (Fsp3) is 0.154. The van der Waals surface area contributed by atoms with E-state index in [1.807, 2.05) is 31.2 Å². The number of thioether (sulfide) groups is 1. The van der Waals surface area contributed by atoms with E-state index in [0.29, 0.717) is 12.3 Å². The van der Waals surface area contributed by atoms with Gasteiger partial charge in [-0.1, -0.05) is 19.1 Å². The normalized spacial score (nSPS) is 11.6. The van der Waals surface area contributed by atoms with Crippen molar-refractivity contribution in [1.82, 2.24) is 10.2 Å². The number of carboxylic acids is 1. The Morgan fingerprint density at radius 2 is 2.10 bits per heavy atom. The predicted octanol–water partition coefficient (Wildman–Crippen LogP) is 2.12. The summed E-state index contributed by atoms with van der Waals surface area (Å²) in [5, 5.41) is 18.9. The maximum atomic E-state index is 11.2. The van der Waals surface area contributed by atoms with Gasteiger partial charge in [-0.25, -0.2) is 0 Å². The first-order chi connectivity index (χ1) is 9.58. The summed E-state index contributed by atoms with van der Waals surface area (Å²) in [4.78, 5) is 11.2. The van der Waals surface area contributed by atoms with Gasteiger partial charge in [0.25, 0.3) is 5.22 Å². The fourth-order valence-corrected chi connectivity index (χ4v) is 2.40. The number of halogens is 1. The third-order valence-electron chi connectivity index (χ3n) is 2.32. The Morgan fingerprint density at radius 1 is 1.40 bits per heavy atom. The average Bonchev–Trinajstić information content (AvgIpc) is 2.88. The summed E-state index contributed by atoms with van der Waals surface area (Å²) in [6, 6.07) is 7.45. The van der Waals surface area contributed by atoms with E-state index in [4.69, 9.17) is 4.42 Å². The number of hydrogen-bond donors (Lipinski definition) is 0. The van der Waals surface area contributed by atoms with Crippen molar-refractivity contribution < 1.29 is 14.3 Å². The van der Waals surface area contributed by atoms with Crippen molar-refractivity contribution in [1.29, 1.82) is 0 Å². The van der Waals surface area contributed by atoms with Crippen LogP contribution in [0.3, 0.4) is 0 Å². The Kier molecular flexibility index (Phi) is 5.18. The molecule has 1 aromatic carbocycles. The number of aryl methyl sites for hydroxylation is 1. The number of carboxylic acid groups (broad SMARTS) is 1. The number of rotatable bonds is 5. The largest absolute Gasteiger partial charge is 0.544 e. The smallest absolute Gasteiger partial charge is 0.281 e. The Balaban J connectivity index is 2.22. The van der Waals surface area contributed by atoms with Crippen molar-refractivity contribution in [3.8, 4) is 0 Å². The molecular formula is C13H10IN2O3S-. The number of carbonyl (C=O) groups excluding carboxylic acids is 1. The van der Waals surface area contributed by atoms with Gasteiger partial charge in [0, 0.05) is 14.9 Å². The highest BCUT2D eigenvalue weighted by Gasteiger charge is 2.09. The van der Waals surface area contributed by atoms with E-state index in [1.54, 1.807) is 0 Å². The standard InChI is InChI=1S/C13H11IN2O3S/c1-2-11-15-16-13(19-11)20-10(12(17)18)7-8-3-5-9(14)6-4-8/h3-7H,2H2,1H3,(H,17,18)/p-1/b10-7-. The van der Waals surface area contributed by atoms with E-state index in [-0.39, 0.29) is 10.1 Å². The number of nitrogens with zero attached hydrogens (tertiary/aromatic N) is 2. The van der Waals surface area contributed by atoms with Gasteiger partial charge in [-0.3, -0.25) is 0 Å². The molecule has 2 aromatic rings. The summed E-state index contributed by atoms with van der Waals surface area (Å²) in [6.45, 7) is 1.88. The first-order valence-corrected chi connectivity index (χ1v) is 7.67. The quantitative estimate of drug-likeness (QED) is 0.434. The third-order valence-corrected chi connectivity index (χ3v) is 3.88. The number of aromatic nitrogens is 2. The van der Waals surface area contributed by atoms with Crippen molar-refractivity contribution in [3.63, 3.8) is 0 Å². The van der Waals surface area contributed by atoms with E-state index < -0.39 is 5.97 Å². The third kappa shape index (κ3) is 4.07. The van der Waals surface area contributed by atoms with Gasteiger partial charge in [-0.05, 0) is 58.1 Å². The van der Waals surface area contributed by atoms with Gasteiger partial charge < -0.3 is 14.3 Å². The van der Waals surface area contributed by atoms with Crippen LogP contribution in [-0.4, -0.2) is 16.2 Å². The van der Waals surface area contributed by atoms with E-state index in [2.05, 4.69) is 32.8 Å². The monoisotopic (exact) mass is 401 g/mol. The van der Waals surface area contributed by atoms with Crippen molar-refractivity contribution >= 4 is 46.4 Å². The zero-order chi connectivity index (χ0) is 14.5. The molecule has 0 bridgehead atoms. The molecule has 5 nitrogen and oxygen atoms in total. The van der Waals surface area contributed by atoms with Crippen LogP contribution >= 0.6 is 34.4 Å². The highest BCUT2D eigenvalue weighted by molar-refractivity contribution is 14.1. The summed E-state index contributed by atoms with van der Waals surface area (Å²) >= 11 is 3.07. The lowest BCUT2D eigenvalue weighted by Gasteiger charge is -2.05. The fourth-order valence-electron chi connectivity index (χ4n) is 1.36. The van der Waals surface area contributed by atoms with Crippen molar-refractivity contribution in [3.05, 3.63) is 44.2 Å². The summed E-state index contributed by atoms with van der Waals surface area (Å²) in [7, 11) is 0. The maximum Gasteiger partial charge on any atom is 0.281 e. The minimum atomic E-state index is -1.27. The highest BCUT2D eigenvalue weighted by Crippen LogP contribution is 2.27. The second-order valence-electron chi connectivity index (χ2n) is 3.76. The Labute approximate surface area is 133 Å². The van der Waals surface area contributed by atoms with Crippen molar-refractivity contribution in [2.24, 2.45) is 0 Å². The Morgan fingerprint density at radius 3 is 2.65 bits per heavy atom. The zero-order valence-electron chi connectivity index (χ0n) is 10.5. The molecule has 0 saturated heterocycles. The van der Waals surface area contributed by atoms with Crippen molar-refractivity contribution in [2.75, 3.05) is 0 Å². The number of benzene rings is 1. The van der Waals surface area contributed by atoms with E-state index in [1.165, 1.54) is 6.08 Å². The molecule has 0 radical (unpaired) electrons. The molecule has 2 rings (SSSR count). The molecule has 0 aliphatic heterocycles. The highest BCUT2D eigenvalue weighted by atomic mass is 127. The van der Waals surface area contributed by atoms with Crippen LogP contribution < -0.4 is 5.11 Å². The minimum absolute atomic E-state index is 0.0255. The van der Waals surface area contributed by atoms with Crippen LogP contribution in [0.1, 0.15) is 18.4 Å². The van der Waals surface area contributed by atoms with Crippen LogP contribution in [0, 0.1) is 3.57 Å². The molecule has 0 spiro atoms. The summed E-state index contributed by atoms with van der Waals surface area (Å²) < 4.78 is 6.35. The van der Waals surface area contributed by atoms with Crippen LogP contribution in [0.15, 0.2) is 38.8 Å². The maximum absolute atomic E-state index is 11.2. The summed E-state index contributed by atoms with van der Waals surface area (Å²) in [5.74, 6) is -0.802. The minimum Gasteiger partial charge on any atom is -0.544 e. The lowest BCUT2D eigenvalue weighted by molar-refractivity contribution is -0.298.